The van der Waals surface area contributed by atoms with E-state index in [1.807, 2.05) is 19.1 Å². The van der Waals surface area contributed by atoms with E-state index in [2.05, 4.69) is 18.1 Å². The minimum Gasteiger partial charge on any atom is -0.388 e. The highest BCUT2D eigenvalue weighted by atomic mass is 16.3. The van der Waals surface area contributed by atoms with Crippen LogP contribution in [0.1, 0.15) is 11.3 Å². The summed E-state index contributed by atoms with van der Waals surface area (Å²) in [5.41, 5.74) is 2.75. The summed E-state index contributed by atoms with van der Waals surface area (Å²) in [4.78, 5) is 4.25. The highest BCUT2D eigenvalue weighted by molar-refractivity contribution is 5.26. The third kappa shape index (κ3) is 3.48. The van der Waals surface area contributed by atoms with Gasteiger partial charge in [0.25, 0.3) is 0 Å². The standard InChI is InChI=1S/C14H17NO/c1-4-6-12(5-2)14(16)9-13-8-7-11(3)10-15-13/h4-8,10,14,16H,1-2,9H2,3H3/b12-6+. The van der Waals surface area contributed by atoms with Crippen LogP contribution in [0.2, 0.25) is 0 Å². The SMILES string of the molecule is C=C/C=C(\C=C)C(O)Cc1ccc(C)cn1. The molecule has 0 spiro atoms. The van der Waals surface area contributed by atoms with Crippen molar-refractivity contribution >= 4 is 0 Å². The zero-order valence-electron chi connectivity index (χ0n) is 9.56. The third-order valence-electron chi connectivity index (χ3n) is 2.31. The van der Waals surface area contributed by atoms with E-state index in [1.54, 1.807) is 24.4 Å². The number of hydrogen-bond donors (Lipinski definition) is 1. The van der Waals surface area contributed by atoms with E-state index in [1.165, 1.54) is 0 Å². The van der Waals surface area contributed by atoms with Crippen molar-refractivity contribution in [1.29, 1.82) is 0 Å². The van der Waals surface area contributed by atoms with Crippen molar-refractivity contribution in [1.82, 2.24) is 4.98 Å². The number of aliphatic hydroxyl groups is 1. The fourth-order valence-electron chi connectivity index (χ4n) is 1.39. The van der Waals surface area contributed by atoms with Gasteiger partial charge in [-0.1, -0.05) is 37.5 Å². The van der Waals surface area contributed by atoms with Crippen LogP contribution in [0.15, 0.2) is 55.3 Å². The fourth-order valence-corrected chi connectivity index (χ4v) is 1.39. The van der Waals surface area contributed by atoms with Crippen molar-refractivity contribution in [2.45, 2.75) is 19.4 Å². The van der Waals surface area contributed by atoms with Crippen LogP contribution in [0.4, 0.5) is 0 Å². The maximum atomic E-state index is 9.94. The Morgan fingerprint density at radius 2 is 2.25 bits per heavy atom. The number of aliphatic hydroxyl groups excluding tert-OH is 1. The van der Waals surface area contributed by atoms with E-state index in [4.69, 9.17) is 0 Å². The molecular formula is C14H17NO. The number of hydrogen-bond acceptors (Lipinski definition) is 2. The topological polar surface area (TPSA) is 33.1 Å². The normalized spacial score (nSPS) is 13.2. The van der Waals surface area contributed by atoms with Gasteiger partial charge in [0.05, 0.1) is 6.10 Å². The Bertz CT molecular complexity index is 390. The van der Waals surface area contributed by atoms with Crippen molar-refractivity contribution in [3.05, 3.63) is 66.5 Å². The van der Waals surface area contributed by atoms with Gasteiger partial charge in [-0.05, 0) is 24.1 Å². The summed E-state index contributed by atoms with van der Waals surface area (Å²) in [7, 11) is 0. The van der Waals surface area contributed by atoms with Crippen LogP contribution in [0.25, 0.3) is 0 Å². The largest absolute Gasteiger partial charge is 0.388 e. The van der Waals surface area contributed by atoms with Crippen molar-refractivity contribution in [3.63, 3.8) is 0 Å². The minimum atomic E-state index is -0.578. The zero-order valence-corrected chi connectivity index (χ0v) is 9.56. The average Bonchev–Trinajstić information content (AvgIpc) is 2.29. The Morgan fingerprint density at radius 3 is 2.75 bits per heavy atom. The predicted molar refractivity (Wildman–Crippen MR) is 67.2 cm³/mol. The van der Waals surface area contributed by atoms with E-state index in [-0.39, 0.29) is 0 Å². The summed E-state index contributed by atoms with van der Waals surface area (Å²) in [6, 6.07) is 3.91. The summed E-state index contributed by atoms with van der Waals surface area (Å²) < 4.78 is 0. The first-order valence-corrected chi connectivity index (χ1v) is 5.22. The Morgan fingerprint density at radius 1 is 1.50 bits per heavy atom. The average molecular weight is 215 g/mol. The smallest absolute Gasteiger partial charge is 0.0845 e. The molecule has 1 atom stereocenters. The molecule has 2 nitrogen and oxygen atoms in total. The first kappa shape index (κ1) is 12.4. The van der Waals surface area contributed by atoms with Crippen LogP contribution in [0.5, 0.6) is 0 Å². The molecular weight excluding hydrogens is 198 g/mol. The molecule has 0 radical (unpaired) electrons. The van der Waals surface area contributed by atoms with Gasteiger partial charge in [-0.3, -0.25) is 4.98 Å². The molecule has 1 aromatic heterocycles. The van der Waals surface area contributed by atoms with Crippen LogP contribution < -0.4 is 0 Å². The van der Waals surface area contributed by atoms with Crippen LogP contribution >= 0.6 is 0 Å². The number of aromatic nitrogens is 1. The van der Waals surface area contributed by atoms with Crippen molar-refractivity contribution in [2.24, 2.45) is 0 Å². The summed E-state index contributed by atoms with van der Waals surface area (Å²) in [6.45, 7) is 9.24. The molecule has 0 saturated carbocycles. The minimum absolute atomic E-state index is 0.492. The molecule has 0 bridgehead atoms. The Balaban J connectivity index is 2.73. The Hall–Kier alpha value is -1.67. The van der Waals surface area contributed by atoms with Gasteiger partial charge in [0.15, 0.2) is 0 Å². The maximum Gasteiger partial charge on any atom is 0.0845 e. The summed E-state index contributed by atoms with van der Waals surface area (Å²) in [5, 5.41) is 9.94. The number of pyridine rings is 1. The van der Waals surface area contributed by atoms with E-state index >= 15 is 0 Å². The lowest BCUT2D eigenvalue weighted by molar-refractivity contribution is 0.214. The van der Waals surface area contributed by atoms with Crippen molar-refractivity contribution < 1.29 is 5.11 Å². The number of aryl methyl sites for hydroxylation is 1. The molecule has 2 heteroatoms. The Labute approximate surface area is 96.7 Å². The molecule has 0 aliphatic rings. The Kier molecular flexibility index (Phi) is 4.67. The molecule has 0 amide bonds. The number of allylic oxidation sites excluding steroid dienone is 2. The second kappa shape index (κ2) is 6.03. The molecule has 0 fully saturated rings. The van der Waals surface area contributed by atoms with Crippen LogP contribution in [-0.2, 0) is 6.42 Å². The quantitative estimate of drug-likeness (QED) is 0.766. The van der Waals surface area contributed by atoms with Gasteiger partial charge in [-0.2, -0.15) is 0 Å². The first-order valence-electron chi connectivity index (χ1n) is 5.22. The molecule has 1 unspecified atom stereocenters. The fraction of sp³-hybridized carbons (Fsp3) is 0.214. The van der Waals surface area contributed by atoms with E-state index < -0.39 is 6.10 Å². The van der Waals surface area contributed by atoms with E-state index in [0.29, 0.717) is 6.42 Å². The number of rotatable bonds is 5. The van der Waals surface area contributed by atoms with Gasteiger partial charge in [0.2, 0.25) is 0 Å². The van der Waals surface area contributed by atoms with Gasteiger partial charge in [0, 0.05) is 18.3 Å². The van der Waals surface area contributed by atoms with Crippen LogP contribution in [0, 0.1) is 6.92 Å². The van der Waals surface area contributed by atoms with E-state index in [9.17, 15) is 5.11 Å². The highest BCUT2D eigenvalue weighted by Crippen LogP contribution is 2.10. The molecule has 0 aliphatic carbocycles. The van der Waals surface area contributed by atoms with Gasteiger partial charge < -0.3 is 5.11 Å². The molecule has 16 heavy (non-hydrogen) atoms. The van der Waals surface area contributed by atoms with Crippen LogP contribution in [-0.4, -0.2) is 16.2 Å². The molecule has 0 aromatic carbocycles. The summed E-state index contributed by atoms with van der Waals surface area (Å²) in [5.74, 6) is 0. The lowest BCUT2D eigenvalue weighted by Gasteiger charge is -2.10. The molecule has 84 valence electrons. The van der Waals surface area contributed by atoms with Crippen molar-refractivity contribution in [3.8, 4) is 0 Å². The molecule has 0 aliphatic heterocycles. The van der Waals surface area contributed by atoms with Gasteiger partial charge >= 0.3 is 0 Å². The van der Waals surface area contributed by atoms with E-state index in [0.717, 1.165) is 16.8 Å². The maximum absolute atomic E-state index is 9.94. The first-order chi connectivity index (χ1) is 7.67. The lowest BCUT2D eigenvalue weighted by atomic mass is 10.0. The summed E-state index contributed by atoms with van der Waals surface area (Å²) >= 11 is 0. The monoisotopic (exact) mass is 215 g/mol. The second-order valence-corrected chi connectivity index (χ2v) is 3.65. The predicted octanol–water partition coefficient (Wildman–Crippen LogP) is 2.59. The third-order valence-corrected chi connectivity index (χ3v) is 2.31. The highest BCUT2D eigenvalue weighted by Gasteiger charge is 2.08. The van der Waals surface area contributed by atoms with Gasteiger partial charge in [-0.15, -0.1) is 0 Å². The van der Waals surface area contributed by atoms with Crippen LogP contribution in [0.3, 0.4) is 0 Å². The zero-order chi connectivity index (χ0) is 12.0. The molecule has 1 N–H and O–H groups in total. The molecule has 1 rings (SSSR count). The molecule has 1 aromatic rings. The lowest BCUT2D eigenvalue weighted by Crippen LogP contribution is -2.13. The number of nitrogens with zero attached hydrogens (tertiary/aromatic N) is 1. The molecule has 1 heterocycles. The van der Waals surface area contributed by atoms with Crippen molar-refractivity contribution in [2.75, 3.05) is 0 Å². The van der Waals surface area contributed by atoms with Gasteiger partial charge in [0.1, 0.15) is 0 Å². The summed E-state index contributed by atoms with van der Waals surface area (Å²) in [6.07, 6.45) is 6.75. The second-order valence-electron chi connectivity index (χ2n) is 3.65. The molecule has 0 saturated heterocycles. The van der Waals surface area contributed by atoms with Gasteiger partial charge in [-0.25, -0.2) is 0 Å².